The van der Waals surface area contributed by atoms with Gasteiger partial charge in [0.15, 0.2) is 0 Å². The second-order valence-corrected chi connectivity index (χ2v) is 4.92. The lowest BCUT2D eigenvalue weighted by molar-refractivity contribution is 0.308. The summed E-state index contributed by atoms with van der Waals surface area (Å²) in [6.45, 7) is 2.26. The van der Waals surface area contributed by atoms with Crippen molar-refractivity contribution in [1.82, 2.24) is 4.98 Å². The van der Waals surface area contributed by atoms with E-state index in [1.807, 2.05) is 6.07 Å². The van der Waals surface area contributed by atoms with Crippen molar-refractivity contribution in [2.75, 3.05) is 11.1 Å². The number of aromatic nitrogens is 1. The molecule has 0 unspecified atom stereocenters. The maximum Gasteiger partial charge on any atom is 0.149 e. The lowest BCUT2D eigenvalue weighted by atomic mass is 9.82. The zero-order valence-electron chi connectivity index (χ0n) is 8.13. The molecule has 1 aromatic rings. The van der Waals surface area contributed by atoms with Crippen molar-refractivity contribution in [2.24, 2.45) is 5.92 Å². The third kappa shape index (κ3) is 2.00. The predicted octanol–water partition coefficient (Wildman–Crippen LogP) is 2.64. The fraction of sp³-hybridized carbons (Fsp3) is 0.500. The molecule has 0 bridgehead atoms. The smallest absolute Gasteiger partial charge is 0.149 e. The van der Waals surface area contributed by atoms with Crippen LogP contribution in [0.5, 0.6) is 0 Å². The first-order chi connectivity index (χ1) is 6.65. The monoisotopic (exact) mass is 255 g/mol. The van der Waals surface area contributed by atoms with E-state index in [4.69, 9.17) is 5.73 Å². The highest BCUT2D eigenvalue weighted by atomic mass is 79.9. The van der Waals surface area contributed by atoms with Crippen LogP contribution in [0.25, 0.3) is 0 Å². The highest BCUT2D eigenvalue weighted by Gasteiger charge is 2.25. The van der Waals surface area contributed by atoms with Gasteiger partial charge in [0.1, 0.15) is 5.82 Å². The molecular weight excluding hydrogens is 242 g/mol. The van der Waals surface area contributed by atoms with Gasteiger partial charge in [0.05, 0.1) is 5.69 Å². The van der Waals surface area contributed by atoms with Crippen molar-refractivity contribution in [3.05, 3.63) is 16.7 Å². The van der Waals surface area contributed by atoms with Crippen LogP contribution < -0.4 is 11.1 Å². The van der Waals surface area contributed by atoms with Gasteiger partial charge in [-0.25, -0.2) is 4.98 Å². The molecule has 4 heteroatoms. The zero-order valence-corrected chi connectivity index (χ0v) is 9.71. The van der Waals surface area contributed by atoms with Crippen molar-refractivity contribution in [2.45, 2.75) is 25.8 Å². The van der Waals surface area contributed by atoms with E-state index in [1.165, 1.54) is 12.8 Å². The van der Waals surface area contributed by atoms with E-state index in [9.17, 15) is 0 Å². The lowest BCUT2D eigenvalue weighted by Gasteiger charge is -2.33. The number of halogens is 1. The van der Waals surface area contributed by atoms with E-state index in [0.29, 0.717) is 11.7 Å². The van der Waals surface area contributed by atoms with Gasteiger partial charge in [0, 0.05) is 16.7 Å². The predicted molar refractivity (Wildman–Crippen MR) is 62.2 cm³/mol. The summed E-state index contributed by atoms with van der Waals surface area (Å²) in [5.41, 5.74) is 6.54. The summed E-state index contributed by atoms with van der Waals surface area (Å²) in [5.74, 6) is 1.65. The number of nitrogens with one attached hydrogen (secondary N) is 1. The molecule has 1 fully saturated rings. The quantitative estimate of drug-likeness (QED) is 0.855. The molecule has 1 aromatic heterocycles. The minimum absolute atomic E-state index is 0.556. The molecular formula is C10H14BrN3. The second kappa shape index (κ2) is 3.77. The van der Waals surface area contributed by atoms with E-state index in [0.717, 1.165) is 16.2 Å². The van der Waals surface area contributed by atoms with E-state index in [-0.39, 0.29) is 0 Å². The molecule has 0 radical (unpaired) electrons. The van der Waals surface area contributed by atoms with Gasteiger partial charge in [0.25, 0.3) is 0 Å². The lowest BCUT2D eigenvalue weighted by Crippen LogP contribution is -2.34. The number of pyridine rings is 1. The Bertz CT molecular complexity index is 334. The van der Waals surface area contributed by atoms with Gasteiger partial charge in [-0.05, 0) is 40.8 Å². The van der Waals surface area contributed by atoms with Crippen molar-refractivity contribution in [1.29, 1.82) is 0 Å². The van der Waals surface area contributed by atoms with Gasteiger partial charge in [0.2, 0.25) is 0 Å². The third-order valence-electron chi connectivity index (χ3n) is 2.60. The maximum absolute atomic E-state index is 5.83. The van der Waals surface area contributed by atoms with Crippen LogP contribution in [0, 0.1) is 5.92 Å². The number of anilines is 2. The number of nitrogens with two attached hydrogens (primary N) is 1. The van der Waals surface area contributed by atoms with Crippen LogP contribution in [0.15, 0.2) is 16.7 Å². The maximum atomic E-state index is 5.83. The topological polar surface area (TPSA) is 50.9 Å². The standard InChI is InChI=1S/C10H14BrN3/c1-6-2-8(3-6)14-10-9(12)4-7(11)5-13-10/h4-6,8H,2-3,12H2,1H3,(H,13,14). The summed E-state index contributed by atoms with van der Waals surface area (Å²) in [4.78, 5) is 4.24. The van der Waals surface area contributed by atoms with Gasteiger partial charge >= 0.3 is 0 Å². The Balaban J connectivity index is 2.02. The van der Waals surface area contributed by atoms with Crippen LogP contribution in [0.4, 0.5) is 11.5 Å². The molecule has 2 rings (SSSR count). The molecule has 0 atom stereocenters. The molecule has 1 aliphatic carbocycles. The Morgan fingerprint density at radius 3 is 2.86 bits per heavy atom. The Kier molecular flexibility index (Phi) is 2.63. The van der Waals surface area contributed by atoms with Crippen molar-refractivity contribution in [3.63, 3.8) is 0 Å². The summed E-state index contributed by atoms with van der Waals surface area (Å²) >= 11 is 3.33. The van der Waals surface area contributed by atoms with E-state index in [1.54, 1.807) is 6.20 Å². The molecule has 1 saturated carbocycles. The average molecular weight is 256 g/mol. The van der Waals surface area contributed by atoms with Crippen LogP contribution in [0.1, 0.15) is 19.8 Å². The first-order valence-electron chi connectivity index (χ1n) is 4.82. The average Bonchev–Trinajstić information content (AvgIpc) is 2.06. The minimum atomic E-state index is 0.556. The second-order valence-electron chi connectivity index (χ2n) is 4.01. The highest BCUT2D eigenvalue weighted by Crippen LogP contribution is 2.30. The fourth-order valence-electron chi connectivity index (χ4n) is 1.79. The van der Waals surface area contributed by atoms with Gasteiger partial charge < -0.3 is 11.1 Å². The normalized spacial score (nSPS) is 25.6. The fourth-order valence-corrected chi connectivity index (χ4v) is 2.14. The molecule has 1 aliphatic rings. The van der Waals surface area contributed by atoms with E-state index in [2.05, 4.69) is 33.2 Å². The van der Waals surface area contributed by atoms with Crippen molar-refractivity contribution in [3.8, 4) is 0 Å². The van der Waals surface area contributed by atoms with Gasteiger partial charge in [-0.2, -0.15) is 0 Å². The third-order valence-corrected chi connectivity index (χ3v) is 3.03. The minimum Gasteiger partial charge on any atom is -0.396 e. The first kappa shape index (κ1) is 9.77. The molecule has 0 saturated heterocycles. The first-order valence-corrected chi connectivity index (χ1v) is 5.62. The van der Waals surface area contributed by atoms with Crippen molar-refractivity contribution >= 4 is 27.4 Å². The summed E-state index contributed by atoms with van der Waals surface area (Å²) in [6.07, 6.45) is 4.20. The summed E-state index contributed by atoms with van der Waals surface area (Å²) in [7, 11) is 0. The van der Waals surface area contributed by atoms with Crippen LogP contribution in [0.2, 0.25) is 0 Å². The largest absolute Gasteiger partial charge is 0.396 e. The van der Waals surface area contributed by atoms with Crippen molar-refractivity contribution < 1.29 is 0 Å². The van der Waals surface area contributed by atoms with E-state index >= 15 is 0 Å². The van der Waals surface area contributed by atoms with Gasteiger partial charge in [-0.3, -0.25) is 0 Å². The SMILES string of the molecule is CC1CC(Nc2ncc(Br)cc2N)C1. The Hall–Kier alpha value is -0.770. The summed E-state index contributed by atoms with van der Waals surface area (Å²) < 4.78 is 0.919. The molecule has 1 heterocycles. The molecule has 0 aromatic carbocycles. The molecule has 76 valence electrons. The summed E-state index contributed by atoms with van der Waals surface area (Å²) in [6, 6.07) is 2.43. The Morgan fingerprint density at radius 1 is 1.57 bits per heavy atom. The molecule has 3 N–H and O–H groups in total. The number of nitrogen functional groups attached to an aromatic ring is 1. The molecule has 0 aliphatic heterocycles. The molecule has 0 spiro atoms. The number of hydrogen-bond acceptors (Lipinski definition) is 3. The van der Waals surface area contributed by atoms with Crippen LogP contribution >= 0.6 is 15.9 Å². The summed E-state index contributed by atoms with van der Waals surface area (Å²) in [5, 5.41) is 3.35. The number of nitrogens with zero attached hydrogens (tertiary/aromatic N) is 1. The molecule has 3 nitrogen and oxygen atoms in total. The highest BCUT2D eigenvalue weighted by molar-refractivity contribution is 9.10. The Morgan fingerprint density at radius 2 is 2.29 bits per heavy atom. The Labute approximate surface area is 92.2 Å². The van der Waals surface area contributed by atoms with Gasteiger partial charge in [-0.15, -0.1) is 0 Å². The van der Waals surface area contributed by atoms with Gasteiger partial charge in [-0.1, -0.05) is 6.92 Å². The zero-order chi connectivity index (χ0) is 10.1. The van der Waals surface area contributed by atoms with Crippen LogP contribution in [0.3, 0.4) is 0 Å². The molecule has 14 heavy (non-hydrogen) atoms. The number of hydrogen-bond donors (Lipinski definition) is 2. The van der Waals surface area contributed by atoms with Crippen LogP contribution in [-0.2, 0) is 0 Å². The van der Waals surface area contributed by atoms with Crippen LogP contribution in [-0.4, -0.2) is 11.0 Å². The molecule has 0 amide bonds. The van der Waals surface area contributed by atoms with E-state index < -0.39 is 0 Å². The number of rotatable bonds is 2.